The van der Waals surface area contributed by atoms with E-state index >= 15 is 0 Å². The average Bonchev–Trinajstić information content (AvgIpc) is 1.89. The van der Waals surface area contributed by atoms with Crippen LogP contribution >= 0.6 is 0 Å². The molecule has 0 aliphatic carbocycles. The molecule has 9 heavy (non-hydrogen) atoms. The van der Waals surface area contributed by atoms with E-state index in [1.54, 1.807) is 22.2 Å². The van der Waals surface area contributed by atoms with Crippen LogP contribution in [0.3, 0.4) is 0 Å². The maximum absolute atomic E-state index is 2.29. The van der Waals surface area contributed by atoms with E-state index < -0.39 is 0 Å². The molecule has 0 aliphatic rings. The van der Waals surface area contributed by atoms with Gasteiger partial charge in [0.2, 0.25) is 0 Å². The van der Waals surface area contributed by atoms with E-state index in [1.165, 1.54) is 19.3 Å². The number of hydrogen-bond acceptors (Lipinski definition) is 0. The van der Waals surface area contributed by atoms with Gasteiger partial charge >= 0.3 is 0 Å². The molecule has 0 aromatic rings. The van der Waals surface area contributed by atoms with Crippen molar-refractivity contribution in [2.75, 3.05) is 0 Å². The minimum atomic E-state index is 0.602. The lowest BCUT2D eigenvalue weighted by Crippen LogP contribution is -2.01. The molecule has 0 saturated heterocycles. The van der Waals surface area contributed by atoms with Crippen LogP contribution in [0.5, 0.6) is 0 Å². The fraction of sp³-hybridized carbons (Fsp3) is 1.00. The van der Waals surface area contributed by atoms with Gasteiger partial charge in [0.25, 0.3) is 0 Å². The normalized spacial score (nSPS) is 11.7. The molecule has 0 heterocycles. The molecule has 0 unspecified atom stereocenters. The van der Waals surface area contributed by atoms with Crippen molar-refractivity contribution in [1.29, 1.82) is 0 Å². The van der Waals surface area contributed by atoms with Gasteiger partial charge in [0.15, 0.2) is 0 Å². The van der Waals surface area contributed by atoms with Crippen LogP contribution in [0.1, 0.15) is 32.6 Å². The summed E-state index contributed by atoms with van der Waals surface area (Å²) in [5.41, 5.74) is 0. The van der Waals surface area contributed by atoms with E-state index in [2.05, 4.69) is 6.92 Å². The van der Waals surface area contributed by atoms with Crippen molar-refractivity contribution in [2.45, 2.75) is 38.7 Å². The zero-order valence-electron chi connectivity index (χ0n) is 6.82. The summed E-state index contributed by atoms with van der Waals surface area (Å²) < 4.78 is 0. The van der Waals surface area contributed by atoms with E-state index in [9.17, 15) is 0 Å². The van der Waals surface area contributed by atoms with Crippen molar-refractivity contribution >= 4 is 27.4 Å². The Morgan fingerprint density at radius 2 is 2.11 bits per heavy atom. The summed E-state index contributed by atoms with van der Waals surface area (Å²) in [6, 6.07) is 1.63. The molecule has 3 heteroatoms. The molecule has 0 fully saturated rings. The lowest BCUT2D eigenvalue weighted by molar-refractivity contribution is 0.701. The highest BCUT2D eigenvalue weighted by molar-refractivity contribution is 7.23. The molecule has 55 valence electrons. The van der Waals surface area contributed by atoms with Gasteiger partial charge in [0.1, 0.15) is 0 Å². The first-order valence-electron chi connectivity index (χ1n) is 4.23. The lowest BCUT2D eigenvalue weighted by atomic mass is 10.2. The third kappa shape index (κ3) is 8.65. The van der Waals surface area contributed by atoms with Crippen LogP contribution in [0, 0.1) is 0 Å². The van der Waals surface area contributed by atoms with Gasteiger partial charge in [-0.1, -0.05) is 38.7 Å². The predicted molar refractivity (Wildman–Crippen MR) is 54.6 cm³/mol. The third-order valence-corrected chi connectivity index (χ3v) is 11.1. The molecule has 0 amide bonds. The first kappa shape index (κ1) is 9.65. The molecule has 0 rings (SSSR count). The monoisotopic (exact) mass is 175 g/mol. The molecule has 0 aliphatic heterocycles. The van der Waals surface area contributed by atoms with Crippen molar-refractivity contribution in [2.24, 2.45) is 0 Å². The van der Waals surface area contributed by atoms with Crippen molar-refractivity contribution in [1.82, 2.24) is 0 Å². The Labute approximate surface area is 66.5 Å². The summed E-state index contributed by atoms with van der Waals surface area (Å²) in [7, 11) is 3.20. The van der Waals surface area contributed by atoms with E-state index in [-0.39, 0.29) is 0 Å². The lowest BCUT2D eigenvalue weighted by Gasteiger charge is -1.95. The Morgan fingerprint density at radius 1 is 1.33 bits per heavy atom. The van der Waals surface area contributed by atoms with Crippen LogP contribution < -0.4 is 0 Å². The molecule has 1 radical (unpaired) electrons. The Bertz CT molecular complexity index is 41.6. The number of rotatable bonds is 6. The first-order chi connectivity index (χ1) is 4.41. The summed E-state index contributed by atoms with van der Waals surface area (Å²) >= 11 is 0. The quantitative estimate of drug-likeness (QED) is 0.387. The van der Waals surface area contributed by atoms with Gasteiger partial charge in [0.05, 0.1) is 0 Å². The summed E-state index contributed by atoms with van der Waals surface area (Å²) in [6.07, 6.45) is 5.94. The highest BCUT2D eigenvalue weighted by atomic mass is 29.5. The van der Waals surface area contributed by atoms with E-state index in [0.717, 1.165) is 9.04 Å². The van der Waals surface area contributed by atoms with Crippen LogP contribution in [-0.2, 0) is 0 Å². The Hall–Kier alpha value is 0.651. The molecule has 0 atom stereocenters. The van der Waals surface area contributed by atoms with Gasteiger partial charge in [-0.05, 0) is 18.3 Å². The second kappa shape index (κ2) is 8.65. The number of unbranched alkanes of at least 4 members (excludes halogenated alkanes) is 3. The van der Waals surface area contributed by atoms with E-state index in [0.29, 0.717) is 8.55 Å². The fourth-order valence-electron chi connectivity index (χ4n) is 0.920. The zero-order valence-corrected chi connectivity index (χ0v) is 11.4. The van der Waals surface area contributed by atoms with Crippen LogP contribution in [0.25, 0.3) is 0 Å². The fourth-order valence-corrected chi connectivity index (χ4v) is 7.67. The van der Waals surface area contributed by atoms with Crippen LogP contribution in [0.15, 0.2) is 0 Å². The van der Waals surface area contributed by atoms with Crippen molar-refractivity contribution < 1.29 is 0 Å². The van der Waals surface area contributed by atoms with Crippen LogP contribution in [0.2, 0.25) is 6.04 Å². The molecule has 0 aromatic carbocycles. The average molecular weight is 175 g/mol. The summed E-state index contributed by atoms with van der Waals surface area (Å²) in [5, 5.41) is 0. The van der Waals surface area contributed by atoms with Crippen LogP contribution in [-0.4, -0.2) is 27.4 Å². The van der Waals surface area contributed by atoms with E-state index in [4.69, 9.17) is 0 Å². The van der Waals surface area contributed by atoms with E-state index in [1.807, 2.05) is 0 Å². The van der Waals surface area contributed by atoms with Crippen molar-refractivity contribution in [3.05, 3.63) is 0 Å². The Morgan fingerprint density at radius 3 is 2.67 bits per heavy atom. The van der Waals surface area contributed by atoms with Crippen LogP contribution in [0.4, 0.5) is 0 Å². The highest BCUT2D eigenvalue weighted by Crippen LogP contribution is 2.00. The molecule has 0 nitrogen and oxygen atoms in total. The number of hydrogen-bond donors (Lipinski definition) is 0. The largest absolute Gasteiger partial charge is 0.0654 e. The summed E-state index contributed by atoms with van der Waals surface area (Å²) in [4.78, 5) is 0. The molecular formula is C6H19Si3. The first-order valence-corrected chi connectivity index (χ1v) is 14.0. The van der Waals surface area contributed by atoms with Gasteiger partial charge in [-0.15, -0.1) is 0 Å². The molecular weight excluding hydrogens is 156 g/mol. The Kier molecular flexibility index (Phi) is 9.28. The third-order valence-electron chi connectivity index (χ3n) is 1.55. The summed E-state index contributed by atoms with van der Waals surface area (Å²) in [5.74, 6) is 0. The van der Waals surface area contributed by atoms with Gasteiger partial charge in [-0.3, -0.25) is 0 Å². The maximum atomic E-state index is 2.29. The van der Waals surface area contributed by atoms with Crippen molar-refractivity contribution in [3.8, 4) is 0 Å². The molecule has 0 bridgehead atoms. The molecule has 0 N–H and O–H groups in total. The Balaban J connectivity index is 2.60. The van der Waals surface area contributed by atoms with Gasteiger partial charge in [-0.2, -0.15) is 0 Å². The molecule has 0 aromatic heterocycles. The maximum Gasteiger partial charge on any atom is 0.00994 e. The minimum absolute atomic E-state index is 0.602. The van der Waals surface area contributed by atoms with Gasteiger partial charge < -0.3 is 0 Å². The highest BCUT2D eigenvalue weighted by Gasteiger charge is 1.86. The van der Waals surface area contributed by atoms with Gasteiger partial charge in [0, 0.05) is 9.04 Å². The topological polar surface area (TPSA) is 0 Å². The van der Waals surface area contributed by atoms with Gasteiger partial charge in [-0.25, -0.2) is 0 Å². The molecule has 0 saturated carbocycles. The minimum Gasteiger partial charge on any atom is -0.0654 e. The molecule has 0 spiro atoms. The summed E-state index contributed by atoms with van der Waals surface area (Å²) in [6.45, 7) is 2.29. The standard InChI is InChI=1S/C6H19Si3/c1-2-3-4-5-6-8-9-7/h8H,2-6,9H2,1,7H3. The van der Waals surface area contributed by atoms with Crippen molar-refractivity contribution in [3.63, 3.8) is 0 Å². The second-order valence-corrected chi connectivity index (χ2v) is 16.0. The zero-order chi connectivity index (χ0) is 6.95. The predicted octanol–water partition coefficient (Wildman–Crippen LogP) is -0.214. The smallest absolute Gasteiger partial charge is 0.00994 e. The second-order valence-electron chi connectivity index (χ2n) is 2.55. The SMILES string of the molecule is CCCCCC[SiH][SiH2][SiH3].